The molecule has 0 saturated carbocycles. The minimum atomic E-state index is -2.44. The number of nitrogens with zero attached hydrogens (tertiary/aromatic N) is 1. The maximum atomic E-state index is 13.0. The van der Waals surface area contributed by atoms with Gasteiger partial charge in [-0.3, -0.25) is 4.79 Å². The van der Waals surface area contributed by atoms with E-state index in [0.717, 1.165) is 12.1 Å². The summed E-state index contributed by atoms with van der Waals surface area (Å²) in [5.41, 5.74) is 1.37. The van der Waals surface area contributed by atoms with Crippen LogP contribution in [0.2, 0.25) is 0 Å². The summed E-state index contributed by atoms with van der Waals surface area (Å²) in [6.45, 7) is 4.00. The van der Waals surface area contributed by atoms with Crippen LogP contribution in [0.4, 0.5) is 14.5 Å². The molecular weight excluding hydrogens is 346 g/mol. The molecule has 0 bridgehead atoms. The SMILES string of the molecule is CC[C@H](C)N1C(=O)c2ccccc2N[C@@H]1c1ccc(CSC(F)F)o1. The number of thioether (sulfide) groups is 1. The maximum Gasteiger partial charge on any atom is 0.284 e. The van der Waals surface area contributed by atoms with Gasteiger partial charge in [0, 0.05) is 11.7 Å². The van der Waals surface area contributed by atoms with Crippen molar-refractivity contribution in [3.63, 3.8) is 0 Å². The topological polar surface area (TPSA) is 45.5 Å². The smallest absolute Gasteiger partial charge is 0.284 e. The predicted octanol–water partition coefficient (Wildman–Crippen LogP) is 5.10. The zero-order chi connectivity index (χ0) is 18.0. The maximum absolute atomic E-state index is 13.0. The fourth-order valence-corrected chi connectivity index (χ4v) is 3.34. The van der Waals surface area contributed by atoms with Gasteiger partial charge in [-0.2, -0.15) is 8.78 Å². The number of alkyl halides is 2. The monoisotopic (exact) mass is 366 g/mol. The van der Waals surface area contributed by atoms with Crippen LogP contribution in [0.3, 0.4) is 0 Å². The number of fused-ring (bicyclic) bond motifs is 1. The Morgan fingerprint density at radius 3 is 2.76 bits per heavy atom. The average molecular weight is 366 g/mol. The largest absolute Gasteiger partial charge is 0.461 e. The molecule has 0 fully saturated rings. The minimum Gasteiger partial charge on any atom is -0.461 e. The Bertz CT molecular complexity index is 750. The normalized spacial score (nSPS) is 18.2. The van der Waals surface area contributed by atoms with Gasteiger partial charge in [0.05, 0.1) is 11.3 Å². The molecule has 0 spiro atoms. The number of carbonyl (C=O) groups excluding carboxylic acids is 1. The standard InChI is InChI=1S/C18H20F2N2O2S/c1-3-11(2)22-16(15-9-8-12(24-15)10-25-18(19)20)21-14-7-5-4-6-13(14)17(22)23/h4-9,11,16,18,21H,3,10H2,1-2H3/t11-,16-/m0/s1. The summed E-state index contributed by atoms with van der Waals surface area (Å²) in [6, 6.07) is 10.8. The third-order valence-corrected chi connectivity index (χ3v) is 5.03. The predicted molar refractivity (Wildman–Crippen MR) is 94.7 cm³/mol. The molecular formula is C18H20F2N2O2S. The first-order chi connectivity index (χ1) is 12.0. The molecule has 2 atom stereocenters. The number of anilines is 1. The van der Waals surface area contributed by atoms with E-state index >= 15 is 0 Å². The lowest BCUT2D eigenvalue weighted by Crippen LogP contribution is -2.47. The van der Waals surface area contributed by atoms with E-state index in [1.807, 2.05) is 32.0 Å². The van der Waals surface area contributed by atoms with E-state index in [1.165, 1.54) is 0 Å². The van der Waals surface area contributed by atoms with Gasteiger partial charge in [-0.1, -0.05) is 30.8 Å². The van der Waals surface area contributed by atoms with Crippen molar-refractivity contribution in [1.29, 1.82) is 0 Å². The highest BCUT2D eigenvalue weighted by Crippen LogP contribution is 2.36. The van der Waals surface area contributed by atoms with Gasteiger partial charge in [-0.25, -0.2) is 0 Å². The first kappa shape index (κ1) is 17.8. The van der Waals surface area contributed by atoms with Crippen molar-refractivity contribution in [3.05, 3.63) is 53.5 Å². The first-order valence-corrected chi connectivity index (χ1v) is 9.22. The highest BCUT2D eigenvalue weighted by atomic mass is 32.2. The summed E-state index contributed by atoms with van der Waals surface area (Å²) in [6.07, 6.45) is 0.337. The van der Waals surface area contributed by atoms with Gasteiger partial charge in [0.2, 0.25) is 0 Å². The van der Waals surface area contributed by atoms with Crippen molar-refractivity contribution in [2.75, 3.05) is 5.32 Å². The van der Waals surface area contributed by atoms with Crippen LogP contribution in [0, 0.1) is 0 Å². The molecule has 1 aliphatic rings. The third-order valence-electron chi connectivity index (χ3n) is 4.33. The number of nitrogens with one attached hydrogen (secondary N) is 1. The molecule has 1 N–H and O–H groups in total. The molecule has 2 aromatic rings. The summed E-state index contributed by atoms with van der Waals surface area (Å²) in [5, 5.41) is 3.34. The molecule has 0 unspecified atom stereocenters. The number of benzene rings is 1. The molecule has 2 heterocycles. The van der Waals surface area contributed by atoms with E-state index in [9.17, 15) is 13.6 Å². The fraction of sp³-hybridized carbons (Fsp3) is 0.389. The van der Waals surface area contributed by atoms with Crippen molar-refractivity contribution < 1.29 is 18.0 Å². The lowest BCUT2D eigenvalue weighted by molar-refractivity contribution is 0.0566. The van der Waals surface area contributed by atoms with Crippen LogP contribution < -0.4 is 5.32 Å². The van der Waals surface area contributed by atoms with E-state index in [1.54, 1.807) is 23.1 Å². The van der Waals surface area contributed by atoms with E-state index in [2.05, 4.69) is 5.32 Å². The summed E-state index contributed by atoms with van der Waals surface area (Å²) >= 11 is 0.517. The van der Waals surface area contributed by atoms with Gasteiger partial charge in [0.1, 0.15) is 11.5 Å². The summed E-state index contributed by atoms with van der Waals surface area (Å²) in [4.78, 5) is 14.7. The highest BCUT2D eigenvalue weighted by Gasteiger charge is 2.36. The van der Waals surface area contributed by atoms with Crippen molar-refractivity contribution >= 4 is 23.4 Å². The fourth-order valence-electron chi connectivity index (χ4n) is 2.89. The number of hydrogen-bond acceptors (Lipinski definition) is 4. The van der Waals surface area contributed by atoms with E-state index < -0.39 is 11.9 Å². The van der Waals surface area contributed by atoms with E-state index in [-0.39, 0.29) is 17.7 Å². The van der Waals surface area contributed by atoms with Gasteiger partial charge in [0.25, 0.3) is 11.7 Å². The Balaban J connectivity index is 1.91. The van der Waals surface area contributed by atoms with Crippen LogP contribution >= 0.6 is 11.8 Å². The van der Waals surface area contributed by atoms with Gasteiger partial charge in [0.15, 0.2) is 6.17 Å². The molecule has 0 saturated heterocycles. The molecule has 1 aromatic heterocycles. The second kappa shape index (κ2) is 7.47. The molecule has 1 amide bonds. The van der Waals surface area contributed by atoms with Gasteiger partial charge >= 0.3 is 0 Å². The lowest BCUT2D eigenvalue weighted by Gasteiger charge is -2.40. The van der Waals surface area contributed by atoms with Crippen LogP contribution in [-0.4, -0.2) is 22.6 Å². The Morgan fingerprint density at radius 1 is 1.28 bits per heavy atom. The number of amides is 1. The number of furan rings is 1. The molecule has 134 valence electrons. The summed E-state index contributed by atoms with van der Waals surface area (Å²) in [5.74, 6) is -1.39. The molecule has 0 radical (unpaired) electrons. The molecule has 1 aliphatic heterocycles. The van der Waals surface area contributed by atoms with Crippen molar-refractivity contribution in [2.24, 2.45) is 0 Å². The number of carbonyl (C=O) groups is 1. The lowest BCUT2D eigenvalue weighted by atomic mass is 10.0. The summed E-state index contributed by atoms with van der Waals surface area (Å²) in [7, 11) is 0. The quantitative estimate of drug-likeness (QED) is 0.772. The van der Waals surface area contributed by atoms with Crippen LogP contribution in [0.1, 0.15) is 48.3 Å². The second-order valence-electron chi connectivity index (χ2n) is 5.94. The Morgan fingerprint density at radius 2 is 2.04 bits per heavy atom. The zero-order valence-electron chi connectivity index (χ0n) is 14.0. The third kappa shape index (κ3) is 3.66. The van der Waals surface area contributed by atoms with Crippen molar-refractivity contribution in [3.8, 4) is 0 Å². The van der Waals surface area contributed by atoms with E-state index in [4.69, 9.17) is 4.42 Å². The average Bonchev–Trinajstić information content (AvgIpc) is 3.08. The Labute approximate surface area is 149 Å². The van der Waals surface area contributed by atoms with Gasteiger partial charge < -0.3 is 14.6 Å². The van der Waals surface area contributed by atoms with Gasteiger partial charge in [-0.05, 0) is 37.6 Å². The van der Waals surface area contributed by atoms with Crippen LogP contribution in [0.5, 0.6) is 0 Å². The number of para-hydroxylation sites is 1. The first-order valence-electron chi connectivity index (χ1n) is 8.17. The molecule has 4 nitrogen and oxygen atoms in total. The Kier molecular flexibility index (Phi) is 5.32. The molecule has 1 aromatic carbocycles. The van der Waals surface area contributed by atoms with Crippen LogP contribution in [-0.2, 0) is 5.75 Å². The zero-order valence-corrected chi connectivity index (χ0v) is 14.9. The molecule has 0 aliphatic carbocycles. The number of hydrogen-bond donors (Lipinski definition) is 1. The van der Waals surface area contributed by atoms with Gasteiger partial charge in [-0.15, -0.1) is 0 Å². The molecule has 3 rings (SSSR count). The molecule has 25 heavy (non-hydrogen) atoms. The number of halogens is 2. The second-order valence-corrected chi connectivity index (χ2v) is 6.92. The van der Waals surface area contributed by atoms with Crippen molar-refractivity contribution in [1.82, 2.24) is 4.90 Å². The van der Waals surface area contributed by atoms with Crippen molar-refractivity contribution in [2.45, 2.75) is 44.0 Å². The highest BCUT2D eigenvalue weighted by molar-refractivity contribution is 7.98. The molecule has 7 heteroatoms. The number of rotatable bonds is 6. The van der Waals surface area contributed by atoms with Crippen LogP contribution in [0.25, 0.3) is 0 Å². The van der Waals surface area contributed by atoms with E-state index in [0.29, 0.717) is 28.8 Å². The Hall–Kier alpha value is -2.02. The van der Waals surface area contributed by atoms with Crippen LogP contribution in [0.15, 0.2) is 40.8 Å². The summed E-state index contributed by atoms with van der Waals surface area (Å²) < 4.78 is 30.5. The minimum absolute atomic E-state index is 0.00217.